The van der Waals surface area contributed by atoms with Crippen LogP contribution in [0.3, 0.4) is 0 Å². The molecular weight excluding hydrogens is 286 g/mol. The molecule has 1 aliphatic rings. The highest BCUT2D eigenvalue weighted by atomic mass is 35.5. The van der Waals surface area contributed by atoms with Gasteiger partial charge in [-0.25, -0.2) is 9.59 Å². The number of carbonyl (C=O) groups is 2. The summed E-state index contributed by atoms with van der Waals surface area (Å²) in [7, 11) is 0. The maximum atomic E-state index is 11.9. The fourth-order valence-electron chi connectivity index (χ4n) is 1.85. The van der Waals surface area contributed by atoms with Crippen LogP contribution in [0.15, 0.2) is 0 Å². The molecule has 0 aromatic heterocycles. The summed E-state index contributed by atoms with van der Waals surface area (Å²) >= 11 is 5.28. The normalized spacial score (nSPS) is 19.6. The molecule has 1 atom stereocenters. The smallest absolute Gasteiger partial charge is 0.410 e. The number of halogens is 1. The van der Waals surface area contributed by atoms with Crippen LogP contribution < -0.4 is 0 Å². The summed E-state index contributed by atoms with van der Waals surface area (Å²) in [4.78, 5) is 24.7. The van der Waals surface area contributed by atoms with Crippen LogP contribution in [0.25, 0.3) is 0 Å². The molecule has 0 saturated carbocycles. The Labute approximate surface area is 124 Å². The van der Waals surface area contributed by atoms with Crippen molar-refractivity contribution < 1.29 is 23.8 Å². The Hall–Kier alpha value is -1.01. The highest BCUT2D eigenvalue weighted by Crippen LogP contribution is 2.17. The van der Waals surface area contributed by atoms with E-state index in [4.69, 9.17) is 21.1 Å². The number of nitrogens with zero attached hydrogens (tertiary/aromatic N) is 1. The number of hydrogen-bond donors (Lipinski definition) is 0. The Morgan fingerprint density at radius 2 is 2.05 bits per heavy atom. The zero-order chi connectivity index (χ0) is 15.2. The second-order valence-corrected chi connectivity index (χ2v) is 5.85. The lowest BCUT2D eigenvalue weighted by molar-refractivity contribution is -0.149. The first-order chi connectivity index (χ1) is 9.31. The minimum atomic E-state index is -0.519. The van der Waals surface area contributed by atoms with Gasteiger partial charge in [-0.1, -0.05) is 11.6 Å². The van der Waals surface area contributed by atoms with Crippen molar-refractivity contribution in [3.8, 4) is 0 Å². The number of alkyl halides is 1. The third-order valence-electron chi connectivity index (χ3n) is 2.68. The highest BCUT2D eigenvalue weighted by Gasteiger charge is 2.28. The molecule has 0 spiro atoms. The molecule has 1 rings (SSSR count). The Bertz CT molecular complexity index is 342. The Morgan fingerprint density at radius 3 is 2.65 bits per heavy atom. The number of ether oxygens (including phenoxy) is 3. The van der Waals surface area contributed by atoms with E-state index < -0.39 is 11.6 Å². The van der Waals surface area contributed by atoms with Crippen LogP contribution in [0.2, 0.25) is 0 Å². The summed E-state index contributed by atoms with van der Waals surface area (Å²) < 4.78 is 15.3. The van der Waals surface area contributed by atoms with Gasteiger partial charge in [-0.2, -0.15) is 0 Å². The Kier molecular flexibility index (Phi) is 6.55. The lowest BCUT2D eigenvalue weighted by Crippen LogP contribution is -2.45. The molecule has 0 aliphatic carbocycles. The summed E-state index contributed by atoms with van der Waals surface area (Å²) in [5.41, 5.74) is -0.519. The van der Waals surface area contributed by atoms with Gasteiger partial charge in [-0.15, -0.1) is 0 Å². The largest absolute Gasteiger partial charge is 0.448 e. The first kappa shape index (κ1) is 17.0. The van der Waals surface area contributed by atoms with Crippen LogP contribution >= 0.6 is 11.6 Å². The second kappa shape index (κ2) is 7.69. The van der Waals surface area contributed by atoms with Crippen LogP contribution in [0, 0.1) is 0 Å². The number of likely N-dealkylation sites (tertiary alicyclic amines) is 1. The predicted octanol–water partition coefficient (Wildman–Crippen LogP) is 2.14. The number of hydrogen-bond acceptors (Lipinski definition) is 5. The molecule has 0 aromatic rings. The topological polar surface area (TPSA) is 65.1 Å². The average molecular weight is 308 g/mol. The van der Waals surface area contributed by atoms with Crippen molar-refractivity contribution in [3.63, 3.8) is 0 Å². The van der Waals surface area contributed by atoms with Crippen molar-refractivity contribution >= 4 is 23.7 Å². The van der Waals surface area contributed by atoms with Gasteiger partial charge in [0.05, 0.1) is 12.6 Å². The van der Waals surface area contributed by atoms with Crippen molar-refractivity contribution in [1.29, 1.82) is 0 Å². The van der Waals surface area contributed by atoms with E-state index in [0.29, 0.717) is 13.1 Å². The summed E-state index contributed by atoms with van der Waals surface area (Å²) in [6.07, 6.45) is 1.08. The minimum Gasteiger partial charge on any atom is -0.448 e. The molecule has 6 nitrogen and oxygen atoms in total. The van der Waals surface area contributed by atoms with Crippen LogP contribution in [0.1, 0.15) is 33.6 Å². The number of rotatable bonds is 4. The summed E-state index contributed by atoms with van der Waals surface area (Å²) in [5.74, 6) is -0.505. The monoisotopic (exact) mass is 307 g/mol. The van der Waals surface area contributed by atoms with Gasteiger partial charge in [0.1, 0.15) is 12.2 Å². The van der Waals surface area contributed by atoms with Gasteiger partial charge >= 0.3 is 12.1 Å². The van der Waals surface area contributed by atoms with E-state index in [1.807, 2.05) is 20.8 Å². The van der Waals surface area contributed by atoms with Crippen LogP contribution in [-0.4, -0.2) is 54.4 Å². The maximum absolute atomic E-state index is 11.9. The van der Waals surface area contributed by atoms with E-state index >= 15 is 0 Å². The van der Waals surface area contributed by atoms with Crippen molar-refractivity contribution in [2.75, 3.05) is 25.8 Å². The molecule has 1 heterocycles. The van der Waals surface area contributed by atoms with E-state index in [1.54, 1.807) is 4.90 Å². The van der Waals surface area contributed by atoms with Gasteiger partial charge in [-0.05, 0) is 33.6 Å². The number of carbonyl (C=O) groups excluding carboxylic acids is 2. The fraction of sp³-hybridized carbons (Fsp3) is 0.846. The quantitative estimate of drug-likeness (QED) is 0.588. The van der Waals surface area contributed by atoms with E-state index in [1.165, 1.54) is 0 Å². The third kappa shape index (κ3) is 6.43. The Morgan fingerprint density at radius 1 is 1.35 bits per heavy atom. The van der Waals surface area contributed by atoms with E-state index in [-0.39, 0.29) is 24.9 Å². The van der Waals surface area contributed by atoms with Gasteiger partial charge < -0.3 is 19.1 Å². The van der Waals surface area contributed by atoms with E-state index in [2.05, 4.69) is 4.74 Å². The van der Waals surface area contributed by atoms with E-state index in [9.17, 15) is 9.59 Å². The van der Waals surface area contributed by atoms with Gasteiger partial charge in [0.15, 0.2) is 6.07 Å². The van der Waals surface area contributed by atoms with Gasteiger partial charge in [-0.3, -0.25) is 0 Å². The van der Waals surface area contributed by atoms with Gasteiger partial charge in [0.2, 0.25) is 0 Å². The molecule has 0 aromatic carbocycles. The molecule has 1 unspecified atom stereocenters. The summed E-state index contributed by atoms with van der Waals surface area (Å²) in [5, 5.41) is 0. The second-order valence-electron chi connectivity index (χ2n) is 5.63. The number of amides is 1. The molecule has 1 aliphatic heterocycles. The van der Waals surface area contributed by atoms with Crippen LogP contribution in [0.5, 0.6) is 0 Å². The van der Waals surface area contributed by atoms with Crippen molar-refractivity contribution in [2.45, 2.75) is 45.3 Å². The predicted molar refractivity (Wildman–Crippen MR) is 73.6 cm³/mol. The molecule has 7 heteroatoms. The van der Waals surface area contributed by atoms with Crippen LogP contribution in [-0.2, 0) is 19.0 Å². The number of esters is 1. The molecule has 116 valence electrons. The number of piperidine rings is 1. The van der Waals surface area contributed by atoms with Gasteiger partial charge in [0, 0.05) is 6.54 Å². The molecule has 1 amide bonds. The van der Waals surface area contributed by atoms with E-state index in [0.717, 1.165) is 12.8 Å². The zero-order valence-electron chi connectivity index (χ0n) is 12.2. The van der Waals surface area contributed by atoms with Gasteiger partial charge in [0.25, 0.3) is 0 Å². The van der Waals surface area contributed by atoms with Crippen molar-refractivity contribution in [2.24, 2.45) is 0 Å². The zero-order valence-corrected chi connectivity index (χ0v) is 12.9. The molecule has 1 saturated heterocycles. The molecule has 0 bridgehead atoms. The summed E-state index contributed by atoms with van der Waals surface area (Å²) in [6.45, 7) is 6.38. The van der Waals surface area contributed by atoms with Crippen molar-refractivity contribution in [3.05, 3.63) is 0 Å². The molecule has 0 radical (unpaired) electrons. The minimum absolute atomic E-state index is 0.153. The van der Waals surface area contributed by atoms with Crippen LogP contribution in [0.4, 0.5) is 4.79 Å². The van der Waals surface area contributed by atoms with Crippen molar-refractivity contribution in [1.82, 2.24) is 4.90 Å². The third-order valence-corrected chi connectivity index (χ3v) is 2.79. The Balaban J connectivity index is 2.38. The molecule has 1 fully saturated rings. The first-order valence-corrected chi connectivity index (χ1v) is 7.16. The standard InChI is InChI=1S/C13H22ClNO5/c1-13(2,3)20-12(17)15-6-4-5-10(7-15)18-8-11(16)19-9-14/h10H,4-9H2,1-3H3. The first-order valence-electron chi connectivity index (χ1n) is 6.63. The lowest BCUT2D eigenvalue weighted by atomic mass is 10.1. The SMILES string of the molecule is CC(C)(C)OC(=O)N1CCCC(OCC(=O)OCCl)C1. The molecular formula is C13H22ClNO5. The lowest BCUT2D eigenvalue weighted by Gasteiger charge is -2.33. The molecule has 20 heavy (non-hydrogen) atoms. The average Bonchev–Trinajstić information content (AvgIpc) is 2.35. The molecule has 0 N–H and O–H groups in total. The maximum Gasteiger partial charge on any atom is 0.410 e. The highest BCUT2D eigenvalue weighted by molar-refractivity contribution is 6.17. The fourth-order valence-corrected chi connectivity index (χ4v) is 1.98. The summed E-state index contributed by atoms with van der Waals surface area (Å²) in [6, 6.07) is -0.184.